The molecule has 0 spiro atoms. The summed E-state index contributed by atoms with van der Waals surface area (Å²) in [5.41, 5.74) is 3.19. The highest BCUT2D eigenvalue weighted by molar-refractivity contribution is 6.36. The Morgan fingerprint density at radius 1 is 0.980 bits per heavy atom. The average Bonchev–Trinajstić information content (AvgIpc) is 3.47. The topological polar surface area (TPSA) is 154 Å². The number of fused-ring (bicyclic) bond motifs is 4. The Labute approximate surface area is 297 Å². The number of para-hydroxylation sites is 1. The molecule has 2 heterocycles. The van der Waals surface area contributed by atoms with Crippen molar-refractivity contribution < 1.29 is 38.9 Å². The van der Waals surface area contributed by atoms with Crippen LogP contribution in [0.4, 0.5) is 5.69 Å². The smallest absolute Gasteiger partial charge is 0.303 e. The molecule has 6 atom stereocenters. The number of aliphatic carboxylic acids is 1. The number of imide groups is 2. The van der Waals surface area contributed by atoms with Gasteiger partial charge in [-0.2, -0.15) is 5.01 Å². The molecule has 2 aliphatic heterocycles. The summed E-state index contributed by atoms with van der Waals surface area (Å²) in [6.45, 7) is -0.0297. The van der Waals surface area contributed by atoms with Crippen molar-refractivity contribution in [3.8, 4) is 11.5 Å². The van der Waals surface area contributed by atoms with Crippen LogP contribution < -0.4 is 10.2 Å². The first kappa shape index (κ1) is 33.6. The van der Waals surface area contributed by atoms with Gasteiger partial charge in [0.2, 0.25) is 11.8 Å². The number of hydrogen-bond donors (Lipinski definition) is 3. The lowest BCUT2D eigenvalue weighted by atomic mass is 9.49. The zero-order valence-corrected chi connectivity index (χ0v) is 28.4. The Hall–Kier alpha value is -4.87. The number of carboxylic acids is 1. The molecular formula is C37H33Cl2N3O8. The predicted octanol–water partition coefficient (Wildman–Crippen LogP) is 5.56. The van der Waals surface area contributed by atoms with Crippen LogP contribution in [0.5, 0.6) is 11.5 Å². The van der Waals surface area contributed by atoms with Crippen molar-refractivity contribution in [3.63, 3.8) is 0 Å². The number of amides is 4. The van der Waals surface area contributed by atoms with Crippen LogP contribution in [0.3, 0.4) is 0 Å². The molecule has 0 unspecified atom stereocenters. The molecule has 4 amide bonds. The number of hydrogen-bond acceptors (Lipinski definition) is 8. The minimum Gasteiger partial charge on any atom is -0.508 e. The summed E-state index contributed by atoms with van der Waals surface area (Å²) in [7, 11) is 1.52. The van der Waals surface area contributed by atoms with E-state index in [2.05, 4.69) is 5.43 Å². The number of phenols is 1. The normalized spacial score (nSPS) is 27.1. The SMILES string of the molecule is COc1ccc([C@@]23C(=O)N(Nc4ccc(Cl)cc4Cl)C(=O)[C@@H]2C[C@@H]2C(=CC[C@@H]4C(=O)N(CCCC(=O)O)C(=O)[C@@H]42)[C@@H]3c2ccccc2O)cc1. The molecule has 7 rings (SSSR count). The van der Waals surface area contributed by atoms with Crippen molar-refractivity contribution in [1.29, 1.82) is 0 Å². The number of carbonyl (C=O) groups is 5. The summed E-state index contributed by atoms with van der Waals surface area (Å²) in [5.74, 6) is -6.65. The van der Waals surface area contributed by atoms with Crippen molar-refractivity contribution in [2.75, 3.05) is 19.1 Å². The minimum absolute atomic E-state index is 0.0297. The maximum Gasteiger partial charge on any atom is 0.303 e. The van der Waals surface area contributed by atoms with Crippen LogP contribution in [-0.4, -0.2) is 63.4 Å². The lowest BCUT2D eigenvalue weighted by Crippen LogP contribution is -2.53. The molecule has 0 bridgehead atoms. The van der Waals surface area contributed by atoms with Crippen LogP contribution in [0.25, 0.3) is 0 Å². The van der Waals surface area contributed by atoms with E-state index in [9.17, 15) is 24.3 Å². The molecule has 0 aromatic heterocycles. The van der Waals surface area contributed by atoms with Gasteiger partial charge in [-0.15, -0.1) is 0 Å². The second-order valence-electron chi connectivity index (χ2n) is 13.1. The van der Waals surface area contributed by atoms with Crippen LogP contribution in [-0.2, 0) is 29.4 Å². The molecule has 13 heteroatoms. The molecule has 258 valence electrons. The Kier molecular flexibility index (Phi) is 8.60. The number of nitrogens with one attached hydrogen (secondary N) is 1. The number of methoxy groups -OCH3 is 1. The quantitative estimate of drug-likeness (QED) is 0.191. The predicted molar refractivity (Wildman–Crippen MR) is 182 cm³/mol. The fourth-order valence-corrected chi connectivity index (χ4v) is 9.04. The minimum atomic E-state index is -1.60. The highest BCUT2D eigenvalue weighted by Crippen LogP contribution is 2.65. The zero-order chi connectivity index (χ0) is 35.5. The largest absolute Gasteiger partial charge is 0.508 e. The number of aromatic hydroxyl groups is 1. The van der Waals surface area contributed by atoms with Crippen molar-refractivity contribution in [2.45, 2.75) is 37.0 Å². The molecule has 4 aliphatic rings. The Morgan fingerprint density at radius 2 is 1.72 bits per heavy atom. The zero-order valence-electron chi connectivity index (χ0n) is 26.8. The fourth-order valence-electron chi connectivity index (χ4n) is 8.59. The van der Waals surface area contributed by atoms with E-state index in [-0.39, 0.29) is 54.6 Å². The third-order valence-corrected chi connectivity index (χ3v) is 11.2. The Morgan fingerprint density at radius 3 is 2.40 bits per heavy atom. The maximum absolute atomic E-state index is 15.2. The molecule has 3 N–H and O–H groups in total. The number of carboxylic acid groups (broad SMARTS) is 1. The number of anilines is 1. The van der Waals surface area contributed by atoms with E-state index in [0.29, 0.717) is 27.5 Å². The van der Waals surface area contributed by atoms with Gasteiger partial charge in [0, 0.05) is 29.5 Å². The number of nitrogens with zero attached hydrogens (tertiary/aromatic N) is 2. The Bertz CT molecular complexity index is 1970. The molecule has 50 heavy (non-hydrogen) atoms. The Balaban J connectivity index is 1.41. The molecule has 3 aromatic carbocycles. The lowest BCUT2D eigenvalue weighted by Gasteiger charge is -2.50. The number of allylic oxidation sites excluding steroid dienone is 2. The van der Waals surface area contributed by atoms with Crippen molar-refractivity contribution in [3.05, 3.63) is 99.6 Å². The third kappa shape index (κ3) is 5.13. The number of carbonyl (C=O) groups excluding carboxylic acids is 4. The van der Waals surface area contributed by atoms with Gasteiger partial charge >= 0.3 is 5.97 Å². The first-order valence-corrected chi connectivity index (χ1v) is 17.0. The lowest BCUT2D eigenvalue weighted by molar-refractivity contribution is -0.142. The van der Waals surface area contributed by atoms with E-state index in [0.717, 1.165) is 9.91 Å². The van der Waals surface area contributed by atoms with Crippen molar-refractivity contribution in [1.82, 2.24) is 9.91 Å². The molecule has 2 saturated heterocycles. The van der Waals surface area contributed by atoms with Crippen LogP contribution in [0.2, 0.25) is 10.0 Å². The number of ether oxygens (including phenoxy) is 1. The summed E-state index contributed by atoms with van der Waals surface area (Å²) in [4.78, 5) is 70.0. The van der Waals surface area contributed by atoms with E-state index in [1.54, 1.807) is 54.6 Å². The molecule has 2 aliphatic carbocycles. The van der Waals surface area contributed by atoms with Gasteiger partial charge in [0.1, 0.15) is 11.5 Å². The van der Waals surface area contributed by atoms with E-state index in [4.69, 9.17) is 33.0 Å². The van der Waals surface area contributed by atoms with Gasteiger partial charge in [-0.1, -0.05) is 65.2 Å². The average molecular weight is 719 g/mol. The summed E-state index contributed by atoms with van der Waals surface area (Å²) in [5, 5.41) is 22.1. The van der Waals surface area contributed by atoms with Crippen LogP contribution in [0, 0.1) is 23.7 Å². The fraction of sp³-hybridized carbons (Fsp3) is 0.324. The van der Waals surface area contributed by atoms with Crippen LogP contribution in [0.15, 0.2) is 78.4 Å². The number of benzene rings is 3. The van der Waals surface area contributed by atoms with E-state index in [1.807, 2.05) is 6.08 Å². The van der Waals surface area contributed by atoms with Gasteiger partial charge in [0.05, 0.1) is 41.0 Å². The van der Waals surface area contributed by atoms with E-state index in [1.165, 1.54) is 19.2 Å². The van der Waals surface area contributed by atoms with Gasteiger partial charge in [-0.25, -0.2) is 0 Å². The second kappa shape index (κ2) is 12.8. The third-order valence-electron chi connectivity index (χ3n) is 10.7. The number of hydrazine groups is 1. The summed E-state index contributed by atoms with van der Waals surface area (Å²) in [6, 6.07) is 18.1. The number of likely N-dealkylation sites (tertiary alicyclic amines) is 1. The molecule has 0 radical (unpaired) electrons. The van der Waals surface area contributed by atoms with Gasteiger partial charge in [0.25, 0.3) is 11.8 Å². The molecule has 3 aromatic rings. The van der Waals surface area contributed by atoms with Crippen LogP contribution in [0.1, 0.15) is 42.7 Å². The highest BCUT2D eigenvalue weighted by Gasteiger charge is 2.70. The summed E-state index contributed by atoms with van der Waals surface area (Å²) in [6.07, 6.45) is 2.07. The monoisotopic (exact) mass is 717 g/mol. The maximum atomic E-state index is 15.2. The van der Waals surface area contributed by atoms with Gasteiger partial charge in [0.15, 0.2) is 0 Å². The molecular weight excluding hydrogens is 685 g/mol. The second-order valence-corrected chi connectivity index (χ2v) is 13.9. The van der Waals surface area contributed by atoms with Gasteiger partial charge in [-0.3, -0.25) is 34.3 Å². The van der Waals surface area contributed by atoms with Crippen molar-refractivity contribution in [2.24, 2.45) is 23.7 Å². The van der Waals surface area contributed by atoms with Gasteiger partial charge in [-0.05, 0) is 67.1 Å². The first-order valence-electron chi connectivity index (χ1n) is 16.3. The van der Waals surface area contributed by atoms with Crippen LogP contribution >= 0.6 is 23.2 Å². The highest BCUT2D eigenvalue weighted by atomic mass is 35.5. The molecule has 1 saturated carbocycles. The number of phenolic OH excluding ortho intramolecular Hbond substituents is 1. The van der Waals surface area contributed by atoms with Gasteiger partial charge < -0.3 is 14.9 Å². The number of halogens is 2. The molecule has 11 nitrogen and oxygen atoms in total. The van der Waals surface area contributed by atoms with Crippen molar-refractivity contribution >= 4 is 58.5 Å². The van der Waals surface area contributed by atoms with E-state index >= 15 is 4.79 Å². The van der Waals surface area contributed by atoms with E-state index < -0.39 is 58.7 Å². The standard InChI is InChI=1S/C37H33Cl2N3O8/c1-50-21-11-8-19(9-12-21)37-26(34(47)42(36(37)49)40-28-15-10-20(38)17-27(28)39)18-25-22(32(37)23-5-2-3-6-29(23)43)13-14-24-31(25)35(48)41(33(24)46)16-4-7-30(44)45/h2-3,5-6,8-13,15,17,24-26,31-32,40,43H,4,7,14,16,18H2,1H3,(H,44,45)/t24-,25+,26-,31-,32+,37+/m0/s1. The number of rotatable bonds is 9. The summed E-state index contributed by atoms with van der Waals surface area (Å²) >= 11 is 12.6. The molecule has 3 fully saturated rings. The summed E-state index contributed by atoms with van der Waals surface area (Å²) < 4.78 is 5.42. The first-order chi connectivity index (χ1) is 24.0.